The number of sulfonamides is 1. The Bertz CT molecular complexity index is 1170. The first-order valence-corrected chi connectivity index (χ1v) is 13.8. The van der Waals surface area contributed by atoms with Crippen LogP contribution in [0.2, 0.25) is 0 Å². The number of nitrogens with one attached hydrogen (secondary N) is 1. The summed E-state index contributed by atoms with van der Waals surface area (Å²) in [5.74, 6) is -1.17. The summed E-state index contributed by atoms with van der Waals surface area (Å²) in [4.78, 5) is 27.5. The average molecular weight is 520 g/mol. The fourth-order valence-electron chi connectivity index (χ4n) is 3.97. The zero-order valence-corrected chi connectivity index (χ0v) is 23.1. The van der Waals surface area contributed by atoms with Gasteiger partial charge >= 0.3 is 0 Å². The van der Waals surface area contributed by atoms with Crippen LogP contribution in [0.1, 0.15) is 57.2 Å². The number of hydrogen-bond donors (Lipinski definition) is 1. The van der Waals surface area contributed by atoms with Crippen LogP contribution in [-0.2, 0) is 26.2 Å². The van der Waals surface area contributed by atoms with Crippen LogP contribution in [0.25, 0.3) is 0 Å². The largest absolute Gasteiger partial charge is 0.350 e. The van der Waals surface area contributed by atoms with Crippen molar-refractivity contribution in [3.05, 3.63) is 65.0 Å². The van der Waals surface area contributed by atoms with Gasteiger partial charge in [-0.25, -0.2) is 12.8 Å². The standard InChI is InChI=1S/C27H38FN3O4S/c1-19-15-20(2)17-23(16-19)31(36(7,34)35)14-10-13-25(32)30(18-22-11-8-9-12-24(22)28)21(3)26(33)29-27(4,5)6/h8-9,11-12,15-17,21H,10,13-14,18H2,1-7H3,(H,29,33)/t21-/m1/s1. The van der Waals surface area contributed by atoms with E-state index in [4.69, 9.17) is 0 Å². The second kappa shape index (κ2) is 11.9. The monoisotopic (exact) mass is 519 g/mol. The fraction of sp³-hybridized carbons (Fsp3) is 0.481. The molecule has 0 heterocycles. The third-order valence-electron chi connectivity index (χ3n) is 5.61. The van der Waals surface area contributed by atoms with Crippen LogP contribution >= 0.6 is 0 Å². The van der Waals surface area contributed by atoms with E-state index in [9.17, 15) is 22.4 Å². The Morgan fingerprint density at radius 2 is 1.64 bits per heavy atom. The van der Waals surface area contributed by atoms with Crippen LogP contribution in [0, 0.1) is 19.7 Å². The van der Waals surface area contributed by atoms with Crippen molar-refractivity contribution in [2.24, 2.45) is 0 Å². The molecule has 2 aromatic rings. The molecule has 0 fully saturated rings. The van der Waals surface area contributed by atoms with Gasteiger partial charge in [0.15, 0.2) is 0 Å². The summed E-state index contributed by atoms with van der Waals surface area (Å²) in [5.41, 5.74) is 2.21. The summed E-state index contributed by atoms with van der Waals surface area (Å²) in [6, 6.07) is 10.8. The molecule has 0 aliphatic rings. The zero-order valence-electron chi connectivity index (χ0n) is 22.3. The van der Waals surface area contributed by atoms with E-state index in [1.807, 2.05) is 40.7 Å². The Kier molecular flexibility index (Phi) is 9.65. The molecule has 0 aromatic heterocycles. The maximum absolute atomic E-state index is 14.4. The van der Waals surface area contributed by atoms with Crippen LogP contribution in [0.5, 0.6) is 0 Å². The van der Waals surface area contributed by atoms with E-state index in [0.717, 1.165) is 17.4 Å². The van der Waals surface area contributed by atoms with Crippen LogP contribution in [0.4, 0.5) is 10.1 Å². The molecular weight excluding hydrogens is 481 g/mol. The van der Waals surface area contributed by atoms with E-state index in [2.05, 4.69) is 5.32 Å². The second-order valence-electron chi connectivity index (χ2n) is 10.3. The number of anilines is 1. The van der Waals surface area contributed by atoms with Crippen LogP contribution < -0.4 is 9.62 Å². The maximum Gasteiger partial charge on any atom is 0.242 e. The van der Waals surface area contributed by atoms with Crippen LogP contribution in [-0.4, -0.2) is 49.5 Å². The van der Waals surface area contributed by atoms with Gasteiger partial charge in [-0.15, -0.1) is 0 Å². The summed E-state index contributed by atoms with van der Waals surface area (Å²) in [6.07, 6.45) is 1.37. The van der Waals surface area contributed by atoms with E-state index in [-0.39, 0.29) is 37.7 Å². The number of benzene rings is 2. The lowest BCUT2D eigenvalue weighted by atomic mass is 10.1. The fourth-order valence-corrected chi connectivity index (χ4v) is 4.91. The predicted molar refractivity (Wildman–Crippen MR) is 142 cm³/mol. The molecule has 0 spiro atoms. The third-order valence-corrected chi connectivity index (χ3v) is 6.80. The number of nitrogens with zero attached hydrogens (tertiary/aromatic N) is 2. The van der Waals surface area contributed by atoms with Gasteiger partial charge < -0.3 is 10.2 Å². The molecule has 0 aliphatic carbocycles. The summed E-state index contributed by atoms with van der Waals surface area (Å²) in [6.45, 7) is 10.9. The SMILES string of the molecule is Cc1cc(C)cc(N(CCCC(=O)N(Cc2ccccc2F)[C@H](C)C(=O)NC(C)(C)C)S(C)(=O)=O)c1. The van der Waals surface area contributed by atoms with Crippen molar-refractivity contribution < 1.29 is 22.4 Å². The van der Waals surface area contributed by atoms with Gasteiger partial charge in [0.25, 0.3) is 0 Å². The minimum absolute atomic E-state index is 0.00158. The average Bonchev–Trinajstić information content (AvgIpc) is 2.72. The van der Waals surface area contributed by atoms with Crippen LogP contribution in [0.15, 0.2) is 42.5 Å². The van der Waals surface area contributed by atoms with Crippen molar-refractivity contribution >= 4 is 27.5 Å². The van der Waals surface area contributed by atoms with E-state index in [1.165, 1.54) is 15.3 Å². The molecule has 2 rings (SSSR count). The highest BCUT2D eigenvalue weighted by molar-refractivity contribution is 7.92. The highest BCUT2D eigenvalue weighted by Crippen LogP contribution is 2.22. The molecule has 198 valence electrons. The van der Waals surface area contributed by atoms with Gasteiger partial charge in [-0.05, 0) is 77.3 Å². The molecule has 2 aromatic carbocycles. The maximum atomic E-state index is 14.4. The lowest BCUT2D eigenvalue weighted by Gasteiger charge is -2.32. The molecule has 0 radical (unpaired) electrons. The first kappa shape index (κ1) is 29.3. The Morgan fingerprint density at radius 3 is 2.17 bits per heavy atom. The first-order chi connectivity index (χ1) is 16.6. The number of rotatable bonds is 10. The zero-order chi connectivity index (χ0) is 27.3. The Labute approximate surface area is 214 Å². The van der Waals surface area contributed by atoms with Gasteiger partial charge in [0.2, 0.25) is 21.8 Å². The van der Waals surface area contributed by atoms with Crippen molar-refractivity contribution in [3.63, 3.8) is 0 Å². The molecule has 2 amide bonds. The molecule has 1 atom stereocenters. The Morgan fingerprint density at radius 1 is 1.06 bits per heavy atom. The van der Waals surface area contributed by atoms with Crippen molar-refractivity contribution in [2.45, 2.75) is 72.5 Å². The van der Waals surface area contributed by atoms with Crippen molar-refractivity contribution in [2.75, 3.05) is 17.1 Å². The van der Waals surface area contributed by atoms with Gasteiger partial charge in [0.1, 0.15) is 11.9 Å². The number of amides is 2. The minimum atomic E-state index is -3.58. The molecule has 0 aliphatic heterocycles. The normalized spacial score (nSPS) is 12.7. The van der Waals surface area contributed by atoms with E-state index in [0.29, 0.717) is 11.3 Å². The minimum Gasteiger partial charge on any atom is -0.350 e. The first-order valence-electron chi connectivity index (χ1n) is 12.0. The molecular formula is C27H38FN3O4S. The van der Waals surface area contributed by atoms with E-state index < -0.39 is 27.4 Å². The number of carbonyl (C=O) groups excluding carboxylic acids is 2. The molecule has 36 heavy (non-hydrogen) atoms. The van der Waals surface area contributed by atoms with E-state index >= 15 is 0 Å². The third kappa shape index (κ3) is 8.62. The second-order valence-corrected chi connectivity index (χ2v) is 12.2. The quantitative estimate of drug-likeness (QED) is 0.507. The Hall–Kier alpha value is -2.94. The summed E-state index contributed by atoms with van der Waals surface area (Å²) in [7, 11) is -3.58. The lowest BCUT2D eigenvalue weighted by molar-refractivity contribution is -0.141. The summed E-state index contributed by atoms with van der Waals surface area (Å²) < 4.78 is 40.7. The molecule has 0 saturated heterocycles. The van der Waals surface area contributed by atoms with Gasteiger partial charge in [-0.3, -0.25) is 13.9 Å². The summed E-state index contributed by atoms with van der Waals surface area (Å²) in [5, 5.41) is 2.87. The lowest BCUT2D eigenvalue weighted by Crippen LogP contribution is -2.52. The van der Waals surface area contributed by atoms with Gasteiger partial charge in [-0.2, -0.15) is 0 Å². The molecule has 0 saturated carbocycles. The number of hydrogen-bond acceptors (Lipinski definition) is 4. The van der Waals surface area contributed by atoms with E-state index in [1.54, 1.807) is 37.3 Å². The highest BCUT2D eigenvalue weighted by Gasteiger charge is 2.29. The number of aryl methyl sites for hydroxylation is 2. The number of carbonyl (C=O) groups is 2. The summed E-state index contributed by atoms with van der Waals surface area (Å²) >= 11 is 0. The van der Waals surface area contributed by atoms with Crippen molar-refractivity contribution in [3.8, 4) is 0 Å². The van der Waals surface area contributed by atoms with Crippen LogP contribution in [0.3, 0.4) is 0 Å². The smallest absolute Gasteiger partial charge is 0.242 e. The van der Waals surface area contributed by atoms with Gasteiger partial charge in [-0.1, -0.05) is 24.3 Å². The van der Waals surface area contributed by atoms with Crippen molar-refractivity contribution in [1.82, 2.24) is 10.2 Å². The van der Waals surface area contributed by atoms with Gasteiger partial charge in [0, 0.05) is 30.6 Å². The molecule has 0 bridgehead atoms. The van der Waals surface area contributed by atoms with Crippen molar-refractivity contribution in [1.29, 1.82) is 0 Å². The highest BCUT2D eigenvalue weighted by atomic mass is 32.2. The topological polar surface area (TPSA) is 86.8 Å². The molecule has 9 heteroatoms. The Balaban J connectivity index is 2.23. The number of halogens is 1. The molecule has 7 nitrogen and oxygen atoms in total. The molecule has 0 unspecified atom stereocenters. The van der Waals surface area contributed by atoms with Gasteiger partial charge in [0.05, 0.1) is 11.9 Å². The predicted octanol–water partition coefficient (Wildman–Crippen LogP) is 4.32. The molecule has 1 N–H and O–H groups in total.